The van der Waals surface area contributed by atoms with Gasteiger partial charge in [0.1, 0.15) is 5.82 Å². The summed E-state index contributed by atoms with van der Waals surface area (Å²) in [4.78, 5) is 9.15. The lowest BCUT2D eigenvalue weighted by atomic mass is 10.2. The van der Waals surface area contributed by atoms with E-state index in [1.807, 2.05) is 32.2 Å². The second-order valence-electron chi connectivity index (χ2n) is 6.83. The molecular weight excluding hydrogens is 414 g/mol. The highest BCUT2D eigenvalue weighted by molar-refractivity contribution is 7.89. The summed E-state index contributed by atoms with van der Waals surface area (Å²) in [6, 6.07) is 4.88. The molecule has 2 aromatic heterocycles. The van der Waals surface area contributed by atoms with Crippen LogP contribution in [0.25, 0.3) is 10.9 Å². The van der Waals surface area contributed by atoms with Crippen LogP contribution in [0.1, 0.15) is 19.5 Å². The molecule has 0 bridgehead atoms. The van der Waals surface area contributed by atoms with E-state index in [2.05, 4.69) is 20.4 Å². The number of benzene rings is 2. The topological polar surface area (TPSA) is 119 Å². The first-order valence-corrected chi connectivity index (χ1v) is 10.6. The molecule has 0 radical (unpaired) electrons. The minimum atomic E-state index is -4.73. The number of aromatic nitrogens is 4. The maximum Gasteiger partial charge on any atom is 0.238 e. The van der Waals surface area contributed by atoms with Crippen molar-refractivity contribution >= 4 is 44.1 Å². The van der Waals surface area contributed by atoms with E-state index in [4.69, 9.17) is 13.4 Å². The van der Waals surface area contributed by atoms with Gasteiger partial charge >= 0.3 is 0 Å². The lowest BCUT2D eigenvalue weighted by Crippen LogP contribution is -2.14. The molecule has 0 amide bonds. The Morgan fingerprint density at radius 3 is 2.84 bits per heavy atom. The number of sulfonamides is 1. The smallest absolute Gasteiger partial charge is 0.238 e. The number of aryl methyl sites for hydroxylation is 2. The standard InChI is InChI=1S/C21H23N7O2S/c1-13-5-6-15(11-19(13)31(22,29)30)24-21-23-10-9-20(25-21)27(3)16-7-8-17-14(2)28(4)26-18(17)12-16/h5-12H,1-4H3,(H2,22,29,30)(H,23,24,25)/i1D3,5D,6D,11D. The van der Waals surface area contributed by atoms with Crippen molar-refractivity contribution in [3.63, 3.8) is 0 Å². The average molecular weight is 444 g/mol. The van der Waals surface area contributed by atoms with Crippen molar-refractivity contribution in [2.45, 2.75) is 18.7 Å². The van der Waals surface area contributed by atoms with Crippen molar-refractivity contribution in [1.82, 2.24) is 19.7 Å². The second kappa shape index (κ2) is 7.64. The molecule has 4 rings (SSSR count). The summed E-state index contributed by atoms with van der Waals surface area (Å²) in [5.41, 5.74) is 1.14. The van der Waals surface area contributed by atoms with Gasteiger partial charge in [0.05, 0.1) is 14.5 Å². The Labute approximate surface area is 189 Å². The molecule has 0 unspecified atom stereocenters. The molecule has 2 heterocycles. The zero-order chi connectivity index (χ0) is 27.4. The fourth-order valence-electron chi connectivity index (χ4n) is 3.03. The third-order valence-electron chi connectivity index (χ3n) is 4.79. The molecular formula is C21H23N7O2S. The van der Waals surface area contributed by atoms with Crippen LogP contribution in [0.15, 0.2) is 53.5 Å². The van der Waals surface area contributed by atoms with Gasteiger partial charge in [0.25, 0.3) is 0 Å². The maximum atomic E-state index is 12.2. The van der Waals surface area contributed by atoms with E-state index in [0.29, 0.717) is 5.82 Å². The molecule has 0 aliphatic rings. The number of nitrogens with two attached hydrogens (primary N) is 1. The first-order chi connectivity index (χ1) is 17.1. The largest absolute Gasteiger partial charge is 0.329 e. The van der Waals surface area contributed by atoms with Gasteiger partial charge in [0.2, 0.25) is 16.0 Å². The minimum Gasteiger partial charge on any atom is -0.329 e. The molecule has 0 aliphatic carbocycles. The quantitative estimate of drug-likeness (QED) is 0.486. The predicted molar refractivity (Wildman–Crippen MR) is 121 cm³/mol. The van der Waals surface area contributed by atoms with Crippen molar-refractivity contribution in [1.29, 1.82) is 0 Å². The van der Waals surface area contributed by atoms with Gasteiger partial charge < -0.3 is 10.2 Å². The van der Waals surface area contributed by atoms with Gasteiger partial charge in [-0.1, -0.05) is 6.04 Å². The normalized spacial score (nSPS) is 14.8. The molecule has 0 aliphatic heterocycles. The Morgan fingerprint density at radius 2 is 2.10 bits per heavy atom. The van der Waals surface area contributed by atoms with Crippen LogP contribution in [-0.2, 0) is 17.1 Å². The number of fused-ring (bicyclic) bond motifs is 1. The van der Waals surface area contributed by atoms with Crippen molar-refractivity contribution in [3.05, 3.63) is 59.8 Å². The molecule has 2 aromatic carbocycles. The molecule has 31 heavy (non-hydrogen) atoms. The molecule has 160 valence electrons. The van der Waals surface area contributed by atoms with E-state index in [-0.39, 0.29) is 5.95 Å². The number of primary sulfonamides is 1. The second-order valence-corrected chi connectivity index (χ2v) is 8.33. The summed E-state index contributed by atoms with van der Waals surface area (Å²) in [7, 11) is -1.10. The average Bonchev–Trinajstić information content (AvgIpc) is 3.09. The number of nitrogens with one attached hydrogen (secondary N) is 1. The highest BCUT2D eigenvalue weighted by Crippen LogP contribution is 2.28. The van der Waals surface area contributed by atoms with E-state index in [0.717, 1.165) is 22.3 Å². The van der Waals surface area contributed by atoms with E-state index in [1.54, 1.807) is 22.7 Å². The Bertz CT molecular complexity index is 1650. The van der Waals surface area contributed by atoms with Crippen LogP contribution in [0.5, 0.6) is 0 Å². The zero-order valence-electron chi connectivity index (χ0n) is 22.9. The number of anilines is 4. The zero-order valence-corrected chi connectivity index (χ0v) is 17.7. The molecule has 0 saturated heterocycles. The highest BCUT2D eigenvalue weighted by atomic mass is 32.2. The summed E-state index contributed by atoms with van der Waals surface area (Å²) in [6.45, 7) is -1.12. The predicted octanol–water partition coefficient (Wildman–Crippen LogP) is 3.14. The molecule has 0 spiro atoms. The summed E-state index contributed by atoms with van der Waals surface area (Å²) in [5.74, 6) is 0.307. The fourth-order valence-corrected chi connectivity index (χ4v) is 3.61. The van der Waals surface area contributed by atoms with Gasteiger partial charge in [-0.3, -0.25) is 4.68 Å². The SMILES string of the molecule is [2H]c1c([2H])c(C([2H])([2H])[2H])c(S(N)(=O)=O)c([2H])c1Nc1nccc(N(C)c2ccc3c(C)n(C)nc3c2)n1. The van der Waals surface area contributed by atoms with Crippen molar-refractivity contribution in [2.24, 2.45) is 12.2 Å². The molecule has 0 saturated carbocycles. The lowest BCUT2D eigenvalue weighted by molar-refractivity contribution is 0.597. The van der Waals surface area contributed by atoms with E-state index in [1.165, 1.54) is 6.20 Å². The Morgan fingerprint density at radius 1 is 1.29 bits per heavy atom. The maximum absolute atomic E-state index is 12.2. The number of hydrogen-bond acceptors (Lipinski definition) is 7. The van der Waals surface area contributed by atoms with Crippen molar-refractivity contribution in [2.75, 3.05) is 17.3 Å². The third kappa shape index (κ3) is 4.07. The van der Waals surface area contributed by atoms with Gasteiger partial charge in [-0.05, 0) is 55.7 Å². The summed E-state index contributed by atoms with van der Waals surface area (Å²) >= 11 is 0. The van der Waals surface area contributed by atoms with Gasteiger partial charge in [-0.2, -0.15) is 10.1 Å². The van der Waals surface area contributed by atoms with E-state index >= 15 is 0 Å². The number of hydrogen-bond donors (Lipinski definition) is 2. The van der Waals surface area contributed by atoms with Crippen LogP contribution < -0.4 is 15.4 Å². The number of nitrogens with zero attached hydrogens (tertiary/aromatic N) is 5. The first kappa shape index (κ1) is 14.5. The molecule has 10 heteroatoms. The Hall–Kier alpha value is -3.50. The minimum absolute atomic E-state index is 0.109. The van der Waals surface area contributed by atoms with Gasteiger partial charge in [0.15, 0.2) is 0 Å². The Kier molecular flexibility index (Phi) is 3.57. The fraction of sp³-hybridized carbons (Fsp3) is 0.190. The summed E-state index contributed by atoms with van der Waals surface area (Å²) in [5, 5.41) is 13.3. The van der Waals surface area contributed by atoms with Crippen LogP contribution in [0.2, 0.25) is 0 Å². The lowest BCUT2D eigenvalue weighted by Gasteiger charge is -2.19. The molecule has 0 fully saturated rings. The first-order valence-electron chi connectivity index (χ1n) is 12.1. The number of rotatable bonds is 5. The molecule has 3 N–H and O–H groups in total. The van der Waals surface area contributed by atoms with Crippen LogP contribution in [0.3, 0.4) is 0 Å². The van der Waals surface area contributed by atoms with Crippen LogP contribution in [0, 0.1) is 13.8 Å². The third-order valence-corrected chi connectivity index (χ3v) is 5.66. The van der Waals surface area contributed by atoms with Crippen LogP contribution >= 0.6 is 0 Å². The molecule has 0 atom stereocenters. The van der Waals surface area contributed by atoms with Crippen LogP contribution in [0.4, 0.5) is 23.1 Å². The van der Waals surface area contributed by atoms with Gasteiger partial charge in [-0.25, -0.2) is 18.5 Å². The van der Waals surface area contributed by atoms with Gasteiger partial charge in [-0.15, -0.1) is 0 Å². The summed E-state index contributed by atoms with van der Waals surface area (Å²) < 4.78 is 73.7. The monoisotopic (exact) mass is 443 g/mol. The molecule has 9 nitrogen and oxygen atoms in total. The van der Waals surface area contributed by atoms with Crippen molar-refractivity contribution < 1.29 is 16.6 Å². The van der Waals surface area contributed by atoms with E-state index in [9.17, 15) is 8.42 Å². The Balaban J connectivity index is 1.76. The van der Waals surface area contributed by atoms with Crippen molar-refractivity contribution in [3.8, 4) is 0 Å². The van der Waals surface area contributed by atoms with Crippen LogP contribution in [-0.4, -0.2) is 35.2 Å². The summed E-state index contributed by atoms with van der Waals surface area (Å²) in [6.07, 6.45) is 1.41. The highest BCUT2D eigenvalue weighted by Gasteiger charge is 2.14. The van der Waals surface area contributed by atoms with Gasteiger partial charge in [0, 0.05) is 46.9 Å². The molecule has 4 aromatic rings. The van der Waals surface area contributed by atoms with E-state index < -0.39 is 51.1 Å².